The van der Waals surface area contributed by atoms with Crippen molar-refractivity contribution in [2.45, 2.75) is 60.3 Å². The summed E-state index contributed by atoms with van der Waals surface area (Å²) in [6, 6.07) is 6.95. The summed E-state index contributed by atoms with van der Waals surface area (Å²) in [5.41, 5.74) is 4.47. The van der Waals surface area contributed by atoms with Gasteiger partial charge >= 0.3 is 0 Å². The van der Waals surface area contributed by atoms with E-state index in [1.807, 2.05) is 53.7 Å². The van der Waals surface area contributed by atoms with Crippen LogP contribution in [0.5, 0.6) is 28.7 Å². The Kier molecular flexibility index (Phi) is 5.55. The van der Waals surface area contributed by atoms with Crippen LogP contribution in [0.25, 0.3) is 32.7 Å². The van der Waals surface area contributed by atoms with Gasteiger partial charge in [-0.3, -0.25) is 0 Å². The lowest BCUT2D eigenvalue weighted by atomic mass is 9.85. The van der Waals surface area contributed by atoms with Crippen LogP contribution in [-0.4, -0.2) is 25.5 Å². The van der Waals surface area contributed by atoms with Crippen molar-refractivity contribution in [3.63, 3.8) is 0 Å². The van der Waals surface area contributed by atoms with Crippen LogP contribution >= 0.6 is 0 Å². The first-order valence-electron chi connectivity index (χ1n) is 11.6. The third-order valence-electron chi connectivity index (χ3n) is 6.83. The van der Waals surface area contributed by atoms with Crippen molar-refractivity contribution in [2.24, 2.45) is 0 Å². The maximum absolute atomic E-state index is 11.5. The van der Waals surface area contributed by atoms with Gasteiger partial charge in [-0.05, 0) is 72.2 Å². The van der Waals surface area contributed by atoms with Gasteiger partial charge in [-0.1, -0.05) is 39.8 Å². The summed E-state index contributed by atoms with van der Waals surface area (Å²) < 4.78 is 0. The molecule has 5 nitrogen and oxygen atoms in total. The molecule has 4 rings (SSSR count). The number of aryl methyl sites for hydroxylation is 3. The molecule has 5 N–H and O–H groups in total. The summed E-state index contributed by atoms with van der Waals surface area (Å²) >= 11 is 0. The molecule has 0 saturated carbocycles. The highest BCUT2D eigenvalue weighted by atomic mass is 16.3. The van der Waals surface area contributed by atoms with E-state index in [-0.39, 0.29) is 40.6 Å². The van der Waals surface area contributed by atoms with Crippen LogP contribution < -0.4 is 0 Å². The van der Waals surface area contributed by atoms with Gasteiger partial charge in [0.05, 0.1) is 0 Å². The molecule has 0 atom stereocenters. The predicted molar refractivity (Wildman–Crippen MR) is 138 cm³/mol. The number of rotatable bonds is 3. The van der Waals surface area contributed by atoms with Crippen LogP contribution in [0.4, 0.5) is 0 Å². The number of phenolic OH excluding ortho intramolecular Hbond substituents is 5. The van der Waals surface area contributed by atoms with E-state index >= 15 is 0 Å². The summed E-state index contributed by atoms with van der Waals surface area (Å²) in [7, 11) is 0. The molecule has 4 aromatic carbocycles. The zero-order valence-corrected chi connectivity index (χ0v) is 20.7. The van der Waals surface area contributed by atoms with Crippen molar-refractivity contribution in [2.75, 3.05) is 0 Å². The fourth-order valence-electron chi connectivity index (χ4n) is 5.26. The van der Waals surface area contributed by atoms with Gasteiger partial charge in [0.15, 0.2) is 11.5 Å². The van der Waals surface area contributed by atoms with Crippen LogP contribution in [0.3, 0.4) is 0 Å². The molecule has 4 aromatic rings. The monoisotopic (exact) mass is 460 g/mol. The molecule has 0 aromatic heterocycles. The Hall–Kier alpha value is -3.60. The fourth-order valence-corrected chi connectivity index (χ4v) is 5.26. The molecule has 34 heavy (non-hydrogen) atoms. The summed E-state index contributed by atoms with van der Waals surface area (Å²) in [4.78, 5) is 0. The van der Waals surface area contributed by atoms with E-state index in [0.29, 0.717) is 38.4 Å². The smallest absolute Gasteiger partial charge is 0.161 e. The number of aromatic hydroxyl groups is 5. The molecule has 0 radical (unpaired) electrons. The Balaban J connectivity index is 2.15. The van der Waals surface area contributed by atoms with E-state index in [9.17, 15) is 25.5 Å². The molecule has 0 saturated heterocycles. The minimum absolute atomic E-state index is 0.0323. The van der Waals surface area contributed by atoms with E-state index in [2.05, 4.69) is 0 Å². The molecule has 0 bridgehead atoms. The standard InChI is InChI=1S/C29H32O5/c1-12(2)22-17-8-14(5)24(27(32)19(17)10-16(7)26(22)31)25-15(6)9-18-20(28(25)33)11-21(30)29(34)23(18)13(3)4/h8-13,30-34H,1-7H3. The van der Waals surface area contributed by atoms with Crippen molar-refractivity contribution in [1.29, 1.82) is 0 Å². The minimum Gasteiger partial charge on any atom is -0.507 e. The zero-order valence-electron chi connectivity index (χ0n) is 20.7. The molecular weight excluding hydrogens is 428 g/mol. The Bertz CT molecular complexity index is 1370. The summed E-state index contributed by atoms with van der Waals surface area (Å²) in [5.74, 6) is -0.318. The van der Waals surface area contributed by atoms with Crippen LogP contribution in [0.2, 0.25) is 0 Å². The Labute approximate surface area is 199 Å². The van der Waals surface area contributed by atoms with Gasteiger partial charge in [-0.15, -0.1) is 0 Å². The fraction of sp³-hybridized carbons (Fsp3) is 0.310. The van der Waals surface area contributed by atoms with E-state index in [0.717, 1.165) is 22.1 Å². The molecule has 0 fully saturated rings. The lowest BCUT2D eigenvalue weighted by Gasteiger charge is -2.22. The maximum atomic E-state index is 11.5. The number of hydrogen-bond donors (Lipinski definition) is 5. The van der Waals surface area contributed by atoms with Crippen molar-refractivity contribution < 1.29 is 25.5 Å². The van der Waals surface area contributed by atoms with Crippen molar-refractivity contribution in [1.82, 2.24) is 0 Å². The van der Waals surface area contributed by atoms with E-state index < -0.39 is 0 Å². The van der Waals surface area contributed by atoms with E-state index in [4.69, 9.17) is 0 Å². The summed E-state index contributed by atoms with van der Waals surface area (Å²) in [6.45, 7) is 13.4. The van der Waals surface area contributed by atoms with Crippen molar-refractivity contribution >= 4 is 21.5 Å². The number of benzene rings is 4. The topological polar surface area (TPSA) is 101 Å². The third-order valence-corrected chi connectivity index (χ3v) is 6.83. The normalized spacial score (nSPS) is 11.9. The average molecular weight is 461 g/mol. The number of phenols is 5. The highest BCUT2D eigenvalue weighted by molar-refractivity contribution is 6.05. The second kappa shape index (κ2) is 8.01. The lowest BCUT2D eigenvalue weighted by Crippen LogP contribution is -1.98. The molecule has 0 heterocycles. The number of fused-ring (bicyclic) bond motifs is 2. The van der Waals surface area contributed by atoms with E-state index in [1.165, 1.54) is 6.07 Å². The first-order chi connectivity index (χ1) is 15.9. The van der Waals surface area contributed by atoms with Crippen LogP contribution in [0, 0.1) is 20.8 Å². The third kappa shape index (κ3) is 3.30. The molecule has 0 aliphatic rings. The first kappa shape index (κ1) is 23.6. The Morgan fingerprint density at radius 1 is 0.471 bits per heavy atom. The quantitative estimate of drug-likeness (QED) is 0.206. The van der Waals surface area contributed by atoms with Crippen LogP contribution in [0.15, 0.2) is 24.3 Å². The van der Waals surface area contributed by atoms with Gasteiger partial charge in [0, 0.05) is 33.0 Å². The lowest BCUT2D eigenvalue weighted by molar-refractivity contribution is 0.398. The highest BCUT2D eigenvalue weighted by Crippen LogP contribution is 2.51. The molecule has 0 aliphatic carbocycles. The number of hydrogen-bond acceptors (Lipinski definition) is 5. The predicted octanol–water partition coefficient (Wildman–Crippen LogP) is 7.36. The maximum Gasteiger partial charge on any atom is 0.161 e. The van der Waals surface area contributed by atoms with Crippen LogP contribution in [0.1, 0.15) is 67.3 Å². The zero-order chi connectivity index (χ0) is 25.2. The second-order valence-corrected chi connectivity index (χ2v) is 9.95. The van der Waals surface area contributed by atoms with Gasteiger partial charge in [0.1, 0.15) is 17.2 Å². The first-order valence-corrected chi connectivity index (χ1v) is 11.6. The van der Waals surface area contributed by atoms with Gasteiger partial charge < -0.3 is 25.5 Å². The van der Waals surface area contributed by atoms with Gasteiger partial charge in [0.2, 0.25) is 0 Å². The second-order valence-electron chi connectivity index (χ2n) is 9.95. The minimum atomic E-state index is -0.298. The van der Waals surface area contributed by atoms with Crippen molar-refractivity contribution in [3.8, 4) is 39.9 Å². The molecule has 0 amide bonds. The largest absolute Gasteiger partial charge is 0.507 e. The van der Waals surface area contributed by atoms with Gasteiger partial charge in [-0.2, -0.15) is 0 Å². The molecular formula is C29H32O5. The molecule has 178 valence electrons. The van der Waals surface area contributed by atoms with E-state index in [1.54, 1.807) is 13.0 Å². The van der Waals surface area contributed by atoms with Gasteiger partial charge in [-0.25, -0.2) is 0 Å². The molecule has 5 heteroatoms. The molecule has 0 unspecified atom stereocenters. The Morgan fingerprint density at radius 2 is 0.853 bits per heavy atom. The van der Waals surface area contributed by atoms with Crippen molar-refractivity contribution in [3.05, 3.63) is 52.1 Å². The Morgan fingerprint density at radius 3 is 1.29 bits per heavy atom. The SMILES string of the molecule is Cc1cc2c(O)c(-c3c(C)cc4c(C(C)C)c(O)c(O)cc4c3O)c(C)cc2c(C(C)C)c1O. The van der Waals surface area contributed by atoms with Crippen LogP contribution in [-0.2, 0) is 0 Å². The molecule has 0 aliphatic heterocycles. The summed E-state index contributed by atoms with van der Waals surface area (Å²) in [5, 5.41) is 56.9. The summed E-state index contributed by atoms with van der Waals surface area (Å²) in [6.07, 6.45) is 0. The average Bonchev–Trinajstić information content (AvgIpc) is 2.73. The molecule has 0 spiro atoms. The highest BCUT2D eigenvalue weighted by Gasteiger charge is 2.25. The van der Waals surface area contributed by atoms with Gasteiger partial charge in [0.25, 0.3) is 0 Å².